The monoisotopic (exact) mass is 696 g/mol. The number of hydrogen-bond acceptors (Lipinski definition) is 3. The summed E-state index contributed by atoms with van der Waals surface area (Å²) < 4.78 is 11.8. The smallest absolute Gasteiger partial charge is 0.137 e. The first-order valence-electron chi connectivity index (χ1n) is 18.0. The summed E-state index contributed by atoms with van der Waals surface area (Å²) >= 11 is 1.87. The lowest BCUT2D eigenvalue weighted by molar-refractivity contribution is 0.668. The predicted molar refractivity (Wildman–Crippen MR) is 225 cm³/mol. The van der Waals surface area contributed by atoms with Gasteiger partial charge in [0.2, 0.25) is 0 Å². The van der Waals surface area contributed by atoms with E-state index in [4.69, 9.17) is 4.42 Å². The molecule has 4 heterocycles. The van der Waals surface area contributed by atoms with E-state index >= 15 is 0 Å². The molecule has 1 aliphatic rings. The van der Waals surface area contributed by atoms with Crippen molar-refractivity contribution in [2.24, 2.45) is 0 Å². The molecule has 0 radical (unpaired) electrons. The van der Waals surface area contributed by atoms with E-state index in [1.165, 1.54) is 47.5 Å². The molecule has 0 spiro atoms. The number of furan rings is 1. The second-order valence-electron chi connectivity index (χ2n) is 13.8. The van der Waals surface area contributed by atoms with Gasteiger partial charge < -0.3 is 14.3 Å². The van der Waals surface area contributed by atoms with Crippen LogP contribution in [0, 0.1) is 0 Å². The zero-order valence-corrected chi connectivity index (χ0v) is 29.5. The summed E-state index contributed by atoms with van der Waals surface area (Å²) in [6.07, 6.45) is 4.49. The number of para-hydroxylation sites is 1. The third-order valence-electron chi connectivity index (χ3n) is 10.8. The van der Waals surface area contributed by atoms with Gasteiger partial charge in [0, 0.05) is 60.0 Å². The molecule has 1 N–H and O–H groups in total. The number of rotatable bonds is 4. The van der Waals surface area contributed by atoms with Crippen molar-refractivity contribution in [3.8, 4) is 5.69 Å². The molecule has 3 aromatic heterocycles. The van der Waals surface area contributed by atoms with Crippen molar-refractivity contribution in [3.63, 3.8) is 0 Å². The fraction of sp³-hybridized carbons (Fsp3) is 0.0204. The molecule has 7 aromatic carbocycles. The van der Waals surface area contributed by atoms with Gasteiger partial charge in [-0.15, -0.1) is 11.3 Å². The molecule has 1 aliphatic heterocycles. The number of thiophene rings is 1. The quantitative estimate of drug-likeness (QED) is 0.199. The van der Waals surface area contributed by atoms with Gasteiger partial charge in [-0.25, -0.2) is 0 Å². The molecule has 10 aromatic rings. The van der Waals surface area contributed by atoms with Crippen LogP contribution in [0.5, 0.6) is 0 Å². The largest absolute Gasteiger partial charge is 0.456 e. The van der Waals surface area contributed by atoms with Gasteiger partial charge in [-0.2, -0.15) is 0 Å². The highest BCUT2D eigenvalue weighted by Gasteiger charge is 2.23. The Morgan fingerprint density at radius 1 is 0.623 bits per heavy atom. The molecule has 0 amide bonds. The molecule has 1 unspecified atom stereocenters. The van der Waals surface area contributed by atoms with E-state index in [2.05, 4.69) is 186 Å². The van der Waals surface area contributed by atoms with E-state index in [1.54, 1.807) is 0 Å². The summed E-state index contributed by atoms with van der Waals surface area (Å²) in [6.45, 7) is 4.58. The molecule has 0 aliphatic carbocycles. The first kappa shape index (κ1) is 30.0. The van der Waals surface area contributed by atoms with Crippen molar-refractivity contribution in [2.75, 3.05) is 0 Å². The van der Waals surface area contributed by atoms with Gasteiger partial charge in [-0.05, 0) is 64.8 Å². The van der Waals surface area contributed by atoms with Gasteiger partial charge in [0.05, 0.1) is 21.8 Å². The Morgan fingerprint density at radius 3 is 2.23 bits per heavy atom. The lowest BCUT2D eigenvalue weighted by Crippen LogP contribution is -2.17. The Morgan fingerprint density at radius 2 is 1.36 bits per heavy atom. The Labute approximate surface area is 310 Å². The van der Waals surface area contributed by atoms with Crippen LogP contribution in [0.2, 0.25) is 0 Å². The molecule has 1 atom stereocenters. The van der Waals surface area contributed by atoms with Crippen molar-refractivity contribution in [1.29, 1.82) is 0 Å². The summed E-state index contributed by atoms with van der Waals surface area (Å²) in [5.41, 5.74) is 11.7. The van der Waals surface area contributed by atoms with Crippen molar-refractivity contribution < 1.29 is 4.42 Å². The van der Waals surface area contributed by atoms with Crippen LogP contribution in [0.3, 0.4) is 0 Å². The molecule has 0 saturated heterocycles. The Kier molecular flexibility index (Phi) is 6.64. The zero-order valence-electron chi connectivity index (χ0n) is 28.7. The van der Waals surface area contributed by atoms with Crippen LogP contribution in [0.1, 0.15) is 22.7 Å². The Balaban J connectivity index is 1.10. The molecule has 4 heteroatoms. The fourth-order valence-corrected chi connectivity index (χ4v) is 9.59. The van der Waals surface area contributed by atoms with Crippen molar-refractivity contribution >= 4 is 86.5 Å². The third-order valence-corrected chi connectivity index (χ3v) is 12.0. The maximum absolute atomic E-state index is 6.74. The summed E-state index contributed by atoms with van der Waals surface area (Å²) in [5, 5.41) is 11.2. The molecule has 0 fully saturated rings. The van der Waals surface area contributed by atoms with Gasteiger partial charge in [-0.1, -0.05) is 128 Å². The van der Waals surface area contributed by atoms with E-state index in [0.29, 0.717) is 0 Å². The summed E-state index contributed by atoms with van der Waals surface area (Å²) in [4.78, 5) is 0. The van der Waals surface area contributed by atoms with E-state index in [9.17, 15) is 0 Å². The van der Waals surface area contributed by atoms with Gasteiger partial charge in [0.1, 0.15) is 11.2 Å². The topological polar surface area (TPSA) is 30.1 Å². The lowest BCUT2D eigenvalue weighted by Gasteiger charge is -2.19. The molecular formula is C49H32N2OS. The average molecular weight is 697 g/mol. The van der Waals surface area contributed by atoms with E-state index in [1.807, 2.05) is 11.3 Å². The van der Waals surface area contributed by atoms with Crippen LogP contribution in [-0.4, -0.2) is 4.57 Å². The van der Waals surface area contributed by atoms with Crippen LogP contribution < -0.4 is 5.32 Å². The minimum absolute atomic E-state index is 0.0574. The van der Waals surface area contributed by atoms with Crippen LogP contribution in [0.15, 0.2) is 186 Å². The number of nitrogens with one attached hydrogen (secondary N) is 1. The van der Waals surface area contributed by atoms with Gasteiger partial charge >= 0.3 is 0 Å². The van der Waals surface area contributed by atoms with Crippen LogP contribution in [0.4, 0.5) is 0 Å². The van der Waals surface area contributed by atoms with Gasteiger partial charge in [0.25, 0.3) is 0 Å². The standard InChI is InChI=1S/C49H32N2OS/c1-30-27-42(50-41(32-15-6-3-7-16-32)29-40(30)31-13-4-2-5-14-31)38-19-12-21-44-47(38)39-24-23-33(28-45(39)52-44)51-43-20-10-8-17-34(43)36-25-26-37-35-18-9-11-22-46(35)53-49(37)48(36)51/h2-29,41,50H,1H2. The summed E-state index contributed by atoms with van der Waals surface area (Å²) in [7, 11) is 0. The lowest BCUT2D eigenvalue weighted by atomic mass is 9.95. The highest BCUT2D eigenvalue weighted by Crippen LogP contribution is 2.44. The molecule has 0 bridgehead atoms. The SMILES string of the molecule is C=C1C=C(c2cccc3oc4cc(-n5c6ccccc6c6ccc7c8ccccc8sc7c65)ccc4c23)NC(c2ccccc2)C=C1c1ccccc1. The van der Waals surface area contributed by atoms with E-state index in [-0.39, 0.29) is 6.04 Å². The first-order valence-corrected chi connectivity index (χ1v) is 18.8. The predicted octanol–water partition coefficient (Wildman–Crippen LogP) is 13.4. The van der Waals surface area contributed by atoms with E-state index < -0.39 is 0 Å². The maximum atomic E-state index is 6.74. The highest BCUT2D eigenvalue weighted by molar-refractivity contribution is 7.26. The highest BCUT2D eigenvalue weighted by atomic mass is 32.1. The number of nitrogens with zero attached hydrogens (tertiary/aromatic N) is 1. The summed E-state index contributed by atoms with van der Waals surface area (Å²) in [6, 6.07) is 56.2. The molecule has 11 rings (SSSR count). The number of aromatic nitrogens is 1. The summed E-state index contributed by atoms with van der Waals surface area (Å²) in [5.74, 6) is 0. The third kappa shape index (κ3) is 4.66. The van der Waals surface area contributed by atoms with E-state index in [0.717, 1.165) is 55.6 Å². The van der Waals surface area contributed by atoms with Gasteiger partial charge in [-0.3, -0.25) is 0 Å². The van der Waals surface area contributed by atoms with Crippen molar-refractivity contribution in [3.05, 3.63) is 199 Å². The van der Waals surface area contributed by atoms with Crippen LogP contribution in [0.25, 0.3) is 80.9 Å². The molecule has 53 heavy (non-hydrogen) atoms. The van der Waals surface area contributed by atoms with Gasteiger partial charge in [0.15, 0.2) is 0 Å². The fourth-order valence-electron chi connectivity index (χ4n) is 8.35. The van der Waals surface area contributed by atoms with Crippen LogP contribution in [-0.2, 0) is 0 Å². The molecule has 250 valence electrons. The number of fused-ring (bicyclic) bond motifs is 10. The van der Waals surface area contributed by atoms with Crippen LogP contribution >= 0.6 is 11.3 Å². The maximum Gasteiger partial charge on any atom is 0.137 e. The Bertz CT molecular complexity index is 3160. The number of allylic oxidation sites excluding steroid dienone is 3. The average Bonchev–Trinajstić information content (AvgIpc) is 3.85. The second kappa shape index (κ2) is 11.7. The zero-order chi connectivity index (χ0) is 35.0. The minimum Gasteiger partial charge on any atom is -0.456 e. The minimum atomic E-state index is -0.0574. The molecule has 0 saturated carbocycles. The first-order chi connectivity index (χ1) is 26.2. The molecular weight excluding hydrogens is 665 g/mol. The molecule has 3 nitrogen and oxygen atoms in total. The Hall–Kier alpha value is -6.62. The number of benzene rings is 7. The second-order valence-corrected chi connectivity index (χ2v) is 14.9. The van der Waals surface area contributed by atoms with Crippen molar-refractivity contribution in [2.45, 2.75) is 6.04 Å². The van der Waals surface area contributed by atoms with Crippen molar-refractivity contribution in [1.82, 2.24) is 9.88 Å². The number of hydrogen-bond donors (Lipinski definition) is 1. The normalized spacial score (nSPS) is 15.0.